The zero-order valence-corrected chi connectivity index (χ0v) is 18.0. The van der Waals surface area contributed by atoms with Crippen LogP contribution in [0.15, 0.2) is 48.7 Å². The Morgan fingerprint density at radius 1 is 1.03 bits per heavy atom. The number of piperidine rings is 1. The number of pyridine rings is 1. The molecule has 3 heterocycles. The number of aromatic amines is 1. The van der Waals surface area contributed by atoms with E-state index in [0.29, 0.717) is 60.2 Å². The molecule has 2 aromatic heterocycles. The van der Waals surface area contributed by atoms with Crippen molar-refractivity contribution in [2.45, 2.75) is 12.8 Å². The van der Waals surface area contributed by atoms with Gasteiger partial charge in [0.15, 0.2) is 11.5 Å². The van der Waals surface area contributed by atoms with Gasteiger partial charge in [-0.1, -0.05) is 6.07 Å². The monoisotopic (exact) mass is 435 g/mol. The van der Waals surface area contributed by atoms with Crippen LogP contribution in [0.5, 0.6) is 11.5 Å². The average Bonchev–Trinajstić information content (AvgIpc) is 3.34. The number of hydrogen-bond donors (Lipinski definition) is 2. The third-order valence-corrected chi connectivity index (χ3v) is 5.54. The number of hydrogen-bond acceptors (Lipinski definition) is 6. The smallest absolute Gasteiger partial charge is 0.271 e. The summed E-state index contributed by atoms with van der Waals surface area (Å²) in [5, 5.41) is 9.94. The van der Waals surface area contributed by atoms with E-state index in [2.05, 4.69) is 20.5 Å². The van der Waals surface area contributed by atoms with E-state index in [1.54, 1.807) is 49.6 Å². The summed E-state index contributed by atoms with van der Waals surface area (Å²) in [5.74, 6) is 0.789. The molecule has 0 aliphatic carbocycles. The van der Waals surface area contributed by atoms with Crippen LogP contribution in [0.3, 0.4) is 0 Å². The Labute approximate surface area is 185 Å². The number of carbonyl (C=O) groups is 2. The van der Waals surface area contributed by atoms with Gasteiger partial charge < -0.3 is 19.7 Å². The molecule has 0 radical (unpaired) electrons. The topological polar surface area (TPSA) is 109 Å². The molecule has 1 aromatic carbocycles. The maximum absolute atomic E-state index is 12.9. The predicted octanol–water partition coefficient (Wildman–Crippen LogP) is 2.98. The van der Waals surface area contributed by atoms with E-state index in [9.17, 15) is 9.59 Å². The number of rotatable bonds is 6. The number of ether oxygens (including phenoxy) is 2. The number of likely N-dealkylation sites (tertiary alicyclic amines) is 1. The summed E-state index contributed by atoms with van der Waals surface area (Å²) in [4.78, 5) is 31.6. The molecule has 0 bridgehead atoms. The number of methoxy groups -OCH3 is 2. The van der Waals surface area contributed by atoms with Crippen molar-refractivity contribution in [3.63, 3.8) is 0 Å². The summed E-state index contributed by atoms with van der Waals surface area (Å²) in [6, 6.07) is 12.5. The third kappa shape index (κ3) is 4.56. The van der Waals surface area contributed by atoms with Crippen LogP contribution in [-0.4, -0.2) is 59.2 Å². The first-order valence-electron chi connectivity index (χ1n) is 10.4. The maximum Gasteiger partial charge on any atom is 0.271 e. The van der Waals surface area contributed by atoms with Crippen LogP contribution >= 0.6 is 0 Å². The molecular weight excluding hydrogens is 410 g/mol. The number of anilines is 1. The molecule has 0 unspecified atom stereocenters. The molecule has 1 aliphatic heterocycles. The largest absolute Gasteiger partial charge is 0.493 e. The fourth-order valence-electron chi connectivity index (χ4n) is 3.75. The van der Waals surface area contributed by atoms with Gasteiger partial charge in [-0.2, -0.15) is 5.10 Å². The number of amides is 2. The molecule has 0 spiro atoms. The zero-order valence-electron chi connectivity index (χ0n) is 18.0. The molecule has 2 amide bonds. The minimum absolute atomic E-state index is 0.0664. The standard InChI is InChI=1S/C23H25N5O4/c1-31-20-7-6-16(13-21(20)32-2)25-22(29)15-8-11-28(12-9-15)23(30)19-14-18(26-27-19)17-5-3-4-10-24-17/h3-7,10,13-15H,8-9,11-12H2,1-2H3,(H,25,29)(H,26,27). The van der Waals surface area contributed by atoms with E-state index < -0.39 is 0 Å². The Balaban J connectivity index is 1.33. The molecule has 1 fully saturated rings. The molecule has 3 aromatic rings. The van der Waals surface area contributed by atoms with E-state index in [-0.39, 0.29) is 17.7 Å². The molecule has 1 saturated heterocycles. The van der Waals surface area contributed by atoms with Crippen LogP contribution < -0.4 is 14.8 Å². The molecule has 0 saturated carbocycles. The van der Waals surface area contributed by atoms with Gasteiger partial charge in [0.1, 0.15) is 11.4 Å². The van der Waals surface area contributed by atoms with Gasteiger partial charge in [0.2, 0.25) is 5.91 Å². The van der Waals surface area contributed by atoms with Gasteiger partial charge in [-0.15, -0.1) is 0 Å². The van der Waals surface area contributed by atoms with Crippen molar-refractivity contribution in [2.24, 2.45) is 5.92 Å². The molecular formula is C23H25N5O4. The summed E-state index contributed by atoms with van der Waals surface area (Å²) < 4.78 is 10.5. The number of aromatic nitrogens is 3. The van der Waals surface area contributed by atoms with Crippen molar-refractivity contribution >= 4 is 17.5 Å². The summed E-state index contributed by atoms with van der Waals surface area (Å²) in [6.45, 7) is 1.00. The van der Waals surface area contributed by atoms with Crippen LogP contribution in [0.25, 0.3) is 11.4 Å². The van der Waals surface area contributed by atoms with Crippen LogP contribution in [0, 0.1) is 5.92 Å². The molecule has 32 heavy (non-hydrogen) atoms. The molecule has 2 N–H and O–H groups in total. The number of carbonyl (C=O) groups excluding carboxylic acids is 2. The lowest BCUT2D eigenvalue weighted by atomic mass is 9.95. The Hall–Kier alpha value is -3.88. The SMILES string of the molecule is COc1ccc(NC(=O)C2CCN(C(=O)c3cc(-c4ccccn4)n[nH]3)CC2)cc1OC. The van der Waals surface area contributed by atoms with Crippen molar-refractivity contribution in [2.75, 3.05) is 32.6 Å². The highest BCUT2D eigenvalue weighted by molar-refractivity contribution is 5.95. The second kappa shape index (κ2) is 9.51. The van der Waals surface area contributed by atoms with Crippen LogP contribution in [-0.2, 0) is 4.79 Å². The Bertz CT molecular complexity index is 1090. The number of benzene rings is 1. The summed E-state index contributed by atoms with van der Waals surface area (Å²) in [7, 11) is 3.11. The van der Waals surface area contributed by atoms with Gasteiger partial charge in [0, 0.05) is 37.0 Å². The van der Waals surface area contributed by atoms with Crippen LogP contribution in [0.4, 0.5) is 5.69 Å². The normalized spacial score (nSPS) is 14.1. The number of nitrogens with one attached hydrogen (secondary N) is 2. The summed E-state index contributed by atoms with van der Waals surface area (Å²) in [5.41, 5.74) is 2.39. The molecule has 1 aliphatic rings. The first-order chi connectivity index (χ1) is 15.6. The van der Waals surface area contributed by atoms with Gasteiger partial charge in [-0.05, 0) is 43.2 Å². The van der Waals surface area contributed by atoms with Crippen molar-refractivity contribution < 1.29 is 19.1 Å². The van der Waals surface area contributed by atoms with Gasteiger partial charge in [-0.3, -0.25) is 19.7 Å². The summed E-state index contributed by atoms with van der Waals surface area (Å²) >= 11 is 0. The van der Waals surface area contributed by atoms with E-state index in [1.807, 2.05) is 18.2 Å². The Morgan fingerprint density at radius 2 is 1.81 bits per heavy atom. The minimum atomic E-state index is -0.169. The predicted molar refractivity (Wildman–Crippen MR) is 119 cm³/mol. The highest BCUT2D eigenvalue weighted by atomic mass is 16.5. The molecule has 166 valence electrons. The molecule has 0 atom stereocenters. The van der Waals surface area contributed by atoms with Gasteiger partial charge in [-0.25, -0.2) is 0 Å². The molecule has 4 rings (SSSR count). The third-order valence-electron chi connectivity index (χ3n) is 5.54. The highest BCUT2D eigenvalue weighted by Gasteiger charge is 2.29. The Kier molecular flexibility index (Phi) is 6.34. The van der Waals surface area contributed by atoms with Crippen molar-refractivity contribution in [3.05, 3.63) is 54.4 Å². The van der Waals surface area contributed by atoms with Crippen LogP contribution in [0.1, 0.15) is 23.3 Å². The minimum Gasteiger partial charge on any atom is -0.493 e. The highest BCUT2D eigenvalue weighted by Crippen LogP contribution is 2.30. The quantitative estimate of drug-likeness (QED) is 0.616. The van der Waals surface area contributed by atoms with Gasteiger partial charge >= 0.3 is 0 Å². The molecule has 9 nitrogen and oxygen atoms in total. The van der Waals surface area contributed by atoms with Crippen molar-refractivity contribution in [1.82, 2.24) is 20.1 Å². The first kappa shape index (κ1) is 21.4. The fraction of sp³-hybridized carbons (Fsp3) is 0.304. The van der Waals surface area contributed by atoms with Crippen LogP contribution in [0.2, 0.25) is 0 Å². The van der Waals surface area contributed by atoms with Crippen molar-refractivity contribution in [3.8, 4) is 22.9 Å². The lowest BCUT2D eigenvalue weighted by Gasteiger charge is -2.31. The van der Waals surface area contributed by atoms with Gasteiger partial charge in [0.05, 0.1) is 19.9 Å². The maximum atomic E-state index is 12.9. The van der Waals surface area contributed by atoms with E-state index in [1.165, 1.54) is 0 Å². The second-order valence-electron chi connectivity index (χ2n) is 7.51. The van der Waals surface area contributed by atoms with E-state index >= 15 is 0 Å². The second-order valence-corrected chi connectivity index (χ2v) is 7.51. The lowest BCUT2D eigenvalue weighted by Crippen LogP contribution is -2.41. The van der Waals surface area contributed by atoms with E-state index in [4.69, 9.17) is 9.47 Å². The first-order valence-corrected chi connectivity index (χ1v) is 10.4. The average molecular weight is 435 g/mol. The van der Waals surface area contributed by atoms with E-state index in [0.717, 1.165) is 0 Å². The Morgan fingerprint density at radius 3 is 2.50 bits per heavy atom. The number of H-pyrrole nitrogens is 1. The molecule has 9 heteroatoms. The van der Waals surface area contributed by atoms with Crippen molar-refractivity contribution in [1.29, 1.82) is 0 Å². The number of nitrogens with zero attached hydrogens (tertiary/aromatic N) is 3. The lowest BCUT2D eigenvalue weighted by molar-refractivity contribution is -0.121. The van der Waals surface area contributed by atoms with Gasteiger partial charge in [0.25, 0.3) is 5.91 Å². The fourth-order valence-corrected chi connectivity index (χ4v) is 3.75. The zero-order chi connectivity index (χ0) is 22.5. The summed E-state index contributed by atoms with van der Waals surface area (Å²) in [6.07, 6.45) is 2.86.